The van der Waals surface area contributed by atoms with Crippen molar-refractivity contribution in [2.75, 3.05) is 0 Å². The number of aromatic nitrogens is 1. The Morgan fingerprint density at radius 1 is 1.12 bits per heavy atom. The van der Waals surface area contributed by atoms with Crippen LogP contribution in [0.15, 0.2) is 18.2 Å². The van der Waals surface area contributed by atoms with Gasteiger partial charge in [-0.25, -0.2) is 0 Å². The van der Waals surface area contributed by atoms with Gasteiger partial charge in [-0.05, 0) is 37.6 Å². The molecule has 0 saturated carbocycles. The summed E-state index contributed by atoms with van der Waals surface area (Å²) >= 11 is 5.93. The standard InChI is InChI=1S/C11H9ClF3N/c1-6-3-8-5-9(11(13,14)15)7(2)16(8)10(12)4-6/h3-5H,1-2H3. The summed E-state index contributed by atoms with van der Waals surface area (Å²) < 4.78 is 39.4. The third-order valence-electron chi connectivity index (χ3n) is 2.52. The molecule has 16 heavy (non-hydrogen) atoms. The lowest BCUT2D eigenvalue weighted by molar-refractivity contribution is -0.137. The van der Waals surface area contributed by atoms with E-state index in [-0.39, 0.29) is 5.69 Å². The molecule has 0 bridgehead atoms. The van der Waals surface area contributed by atoms with E-state index in [2.05, 4.69) is 0 Å². The zero-order valence-corrected chi connectivity index (χ0v) is 9.45. The van der Waals surface area contributed by atoms with Crippen molar-refractivity contribution >= 4 is 17.1 Å². The summed E-state index contributed by atoms with van der Waals surface area (Å²) in [5.74, 6) is 0. The van der Waals surface area contributed by atoms with Crippen molar-refractivity contribution in [3.63, 3.8) is 0 Å². The fourth-order valence-corrected chi connectivity index (χ4v) is 2.23. The smallest absolute Gasteiger partial charge is 0.304 e. The van der Waals surface area contributed by atoms with E-state index in [1.807, 2.05) is 0 Å². The normalized spacial score (nSPS) is 12.4. The highest BCUT2D eigenvalue weighted by Crippen LogP contribution is 2.35. The molecule has 0 atom stereocenters. The Hall–Kier alpha value is -1.16. The number of pyridine rings is 1. The van der Waals surface area contributed by atoms with Crippen molar-refractivity contribution in [1.82, 2.24) is 4.40 Å². The van der Waals surface area contributed by atoms with Crippen LogP contribution in [0, 0.1) is 13.8 Å². The maximum atomic E-state index is 12.7. The van der Waals surface area contributed by atoms with Gasteiger partial charge in [0, 0.05) is 11.2 Å². The molecular formula is C11H9ClF3N. The van der Waals surface area contributed by atoms with Gasteiger partial charge in [0.25, 0.3) is 0 Å². The second-order valence-electron chi connectivity index (χ2n) is 3.76. The molecular weight excluding hydrogens is 239 g/mol. The van der Waals surface area contributed by atoms with E-state index in [1.54, 1.807) is 19.1 Å². The van der Waals surface area contributed by atoms with E-state index in [9.17, 15) is 13.2 Å². The lowest BCUT2D eigenvalue weighted by Gasteiger charge is -2.06. The largest absolute Gasteiger partial charge is 0.418 e. The molecule has 86 valence electrons. The lowest BCUT2D eigenvalue weighted by atomic mass is 10.2. The van der Waals surface area contributed by atoms with Gasteiger partial charge in [0.05, 0.1) is 5.56 Å². The molecule has 2 rings (SSSR count). The van der Waals surface area contributed by atoms with Crippen LogP contribution in [0.4, 0.5) is 13.2 Å². The second kappa shape index (κ2) is 3.42. The van der Waals surface area contributed by atoms with Gasteiger partial charge >= 0.3 is 6.18 Å². The monoisotopic (exact) mass is 247 g/mol. The predicted octanol–water partition coefficient (Wildman–Crippen LogP) is 4.23. The molecule has 2 heterocycles. The molecule has 5 heteroatoms. The van der Waals surface area contributed by atoms with Crippen LogP contribution in [0.3, 0.4) is 0 Å². The minimum atomic E-state index is -4.34. The first kappa shape index (κ1) is 11.3. The number of fused-ring (bicyclic) bond motifs is 1. The highest BCUT2D eigenvalue weighted by atomic mass is 35.5. The number of hydrogen-bond donors (Lipinski definition) is 0. The maximum absolute atomic E-state index is 12.7. The van der Waals surface area contributed by atoms with Gasteiger partial charge in [-0.2, -0.15) is 13.2 Å². The van der Waals surface area contributed by atoms with E-state index >= 15 is 0 Å². The Morgan fingerprint density at radius 3 is 2.31 bits per heavy atom. The van der Waals surface area contributed by atoms with Gasteiger partial charge in [-0.1, -0.05) is 11.6 Å². The molecule has 0 aliphatic heterocycles. The van der Waals surface area contributed by atoms with Crippen LogP contribution in [0.5, 0.6) is 0 Å². The van der Waals surface area contributed by atoms with Crippen LogP contribution in [0.25, 0.3) is 5.52 Å². The Kier molecular flexibility index (Phi) is 2.42. The van der Waals surface area contributed by atoms with E-state index < -0.39 is 11.7 Å². The van der Waals surface area contributed by atoms with Crippen molar-refractivity contribution in [2.45, 2.75) is 20.0 Å². The molecule has 0 aromatic carbocycles. The van der Waals surface area contributed by atoms with Gasteiger partial charge in [-0.3, -0.25) is 0 Å². The first-order valence-electron chi connectivity index (χ1n) is 4.66. The number of alkyl halides is 3. The molecule has 2 aromatic rings. The zero-order chi connectivity index (χ0) is 12.1. The topological polar surface area (TPSA) is 4.41 Å². The summed E-state index contributed by atoms with van der Waals surface area (Å²) in [5, 5.41) is 0.294. The van der Waals surface area contributed by atoms with Crippen LogP contribution in [-0.2, 0) is 6.18 Å². The van der Waals surface area contributed by atoms with Crippen LogP contribution < -0.4 is 0 Å². The summed E-state index contributed by atoms with van der Waals surface area (Å²) in [6, 6.07) is 4.43. The summed E-state index contributed by atoms with van der Waals surface area (Å²) in [6.45, 7) is 3.21. The molecule has 1 nitrogen and oxygen atoms in total. The first-order chi connectivity index (χ1) is 7.30. The highest BCUT2D eigenvalue weighted by molar-refractivity contribution is 6.30. The zero-order valence-electron chi connectivity index (χ0n) is 8.69. The number of halogens is 4. The number of hydrogen-bond acceptors (Lipinski definition) is 0. The molecule has 0 aliphatic rings. The number of nitrogens with zero attached hydrogens (tertiary/aromatic N) is 1. The fourth-order valence-electron chi connectivity index (χ4n) is 1.84. The van der Waals surface area contributed by atoms with Gasteiger partial charge in [0.15, 0.2) is 0 Å². The average molecular weight is 248 g/mol. The van der Waals surface area contributed by atoms with Gasteiger partial charge in [-0.15, -0.1) is 0 Å². The van der Waals surface area contributed by atoms with Crippen molar-refractivity contribution in [2.24, 2.45) is 0 Å². The van der Waals surface area contributed by atoms with Crippen molar-refractivity contribution in [1.29, 1.82) is 0 Å². The van der Waals surface area contributed by atoms with Gasteiger partial charge in [0.1, 0.15) is 5.15 Å². The van der Waals surface area contributed by atoms with Crippen LogP contribution in [0.1, 0.15) is 16.8 Å². The third-order valence-corrected chi connectivity index (χ3v) is 2.80. The van der Waals surface area contributed by atoms with Crippen LogP contribution in [0.2, 0.25) is 5.15 Å². The summed E-state index contributed by atoms with van der Waals surface area (Å²) in [5.41, 5.74) is 0.783. The van der Waals surface area contributed by atoms with Crippen LogP contribution >= 0.6 is 11.6 Å². The Morgan fingerprint density at radius 2 is 1.75 bits per heavy atom. The van der Waals surface area contributed by atoms with Crippen molar-refractivity contribution in [3.8, 4) is 0 Å². The highest BCUT2D eigenvalue weighted by Gasteiger charge is 2.34. The van der Waals surface area contributed by atoms with E-state index in [4.69, 9.17) is 11.6 Å². The molecule has 0 saturated heterocycles. The number of aryl methyl sites for hydroxylation is 2. The molecule has 0 aliphatic carbocycles. The van der Waals surface area contributed by atoms with Gasteiger partial charge in [0.2, 0.25) is 0 Å². The molecule has 2 aromatic heterocycles. The third kappa shape index (κ3) is 1.67. The second-order valence-corrected chi connectivity index (χ2v) is 4.14. The molecule has 0 unspecified atom stereocenters. The molecule has 0 fully saturated rings. The van der Waals surface area contributed by atoms with Crippen molar-refractivity contribution in [3.05, 3.63) is 40.2 Å². The van der Waals surface area contributed by atoms with E-state index in [1.165, 1.54) is 11.3 Å². The minimum absolute atomic E-state index is 0.118. The summed E-state index contributed by atoms with van der Waals surface area (Å²) in [4.78, 5) is 0. The molecule has 0 radical (unpaired) electrons. The van der Waals surface area contributed by atoms with Crippen molar-refractivity contribution < 1.29 is 13.2 Å². The van der Waals surface area contributed by atoms with Crippen LogP contribution in [-0.4, -0.2) is 4.40 Å². The Bertz CT molecular complexity index is 554. The lowest BCUT2D eigenvalue weighted by Crippen LogP contribution is -2.05. The predicted molar refractivity (Wildman–Crippen MR) is 56.9 cm³/mol. The molecule has 0 N–H and O–H groups in total. The maximum Gasteiger partial charge on any atom is 0.418 e. The SMILES string of the molecule is Cc1cc(Cl)n2c(C)c(C(F)(F)F)cc2c1. The summed E-state index contributed by atoms with van der Waals surface area (Å²) in [6.07, 6.45) is -4.34. The fraction of sp³-hybridized carbons (Fsp3) is 0.273. The summed E-state index contributed by atoms with van der Waals surface area (Å²) in [7, 11) is 0. The number of rotatable bonds is 0. The molecule has 0 spiro atoms. The minimum Gasteiger partial charge on any atom is -0.304 e. The Labute approximate surface area is 95.4 Å². The van der Waals surface area contributed by atoms with Gasteiger partial charge < -0.3 is 4.40 Å². The first-order valence-corrected chi connectivity index (χ1v) is 5.04. The van der Waals surface area contributed by atoms with E-state index in [0.29, 0.717) is 10.7 Å². The molecule has 0 amide bonds. The average Bonchev–Trinajstić information content (AvgIpc) is 2.41. The Balaban J connectivity index is 2.83. The quantitative estimate of drug-likeness (QED) is 0.614. The van der Waals surface area contributed by atoms with E-state index in [0.717, 1.165) is 11.6 Å².